The molecule has 4 heterocycles. The van der Waals surface area contributed by atoms with E-state index in [1.165, 1.54) is 0 Å². The van der Waals surface area contributed by atoms with Crippen LogP contribution < -0.4 is 0 Å². The molecule has 0 amide bonds. The molecule has 0 aromatic rings. The Labute approximate surface area is 406 Å². The maximum absolute atomic E-state index is 12.7. The van der Waals surface area contributed by atoms with Gasteiger partial charge in [-0.1, -0.05) is 46.3 Å². The molecule has 26 atom stereocenters. The third kappa shape index (κ3) is 9.34. The summed E-state index contributed by atoms with van der Waals surface area (Å²) >= 11 is 0. The molecule has 4 saturated carbocycles. The molecule has 0 aromatic heterocycles. The lowest BCUT2D eigenvalue weighted by atomic mass is 9.35. The van der Waals surface area contributed by atoms with Crippen LogP contribution in [0.15, 0.2) is 11.6 Å². The van der Waals surface area contributed by atoms with Crippen LogP contribution in [0.5, 0.6) is 0 Å². The summed E-state index contributed by atoms with van der Waals surface area (Å²) in [6, 6.07) is 0. The van der Waals surface area contributed by atoms with Gasteiger partial charge in [-0.05, 0) is 124 Å². The van der Waals surface area contributed by atoms with Gasteiger partial charge in [0, 0.05) is 0 Å². The normalized spacial score (nSPS) is 52.5. The van der Waals surface area contributed by atoms with Gasteiger partial charge in [0.1, 0.15) is 73.2 Å². The molecule has 19 nitrogen and oxygen atoms in total. The summed E-state index contributed by atoms with van der Waals surface area (Å²) in [5.74, 6) is 0.0195. The lowest BCUT2D eigenvalue weighted by molar-refractivity contribution is -0.293. The molecule has 8 fully saturated rings. The van der Waals surface area contributed by atoms with Crippen LogP contribution in [0.3, 0.4) is 0 Å². The molecule has 0 spiro atoms. The zero-order chi connectivity index (χ0) is 50.3. The molecule has 8 aliphatic rings. The first-order valence-electron chi connectivity index (χ1n) is 25.5. The second-order valence-corrected chi connectivity index (χ2v) is 23.8. The fourth-order valence-corrected chi connectivity index (χ4v) is 15.4. The topological polar surface area (TPSA) is 296 Å². The molecular weight excluding hydrogens is 905 g/mol. The third-order valence-electron chi connectivity index (χ3n) is 19.5. The molecule has 11 N–H and O–H groups in total. The van der Waals surface area contributed by atoms with Gasteiger partial charge in [-0.15, -0.1) is 0 Å². The quantitative estimate of drug-likeness (QED) is 0.0988. The molecule has 4 aliphatic carbocycles. The molecule has 0 radical (unpaired) electrons. The monoisotopic (exact) mass is 989 g/mol. The predicted molar refractivity (Wildman–Crippen MR) is 242 cm³/mol. The summed E-state index contributed by atoms with van der Waals surface area (Å²) < 4.78 is 48.6. The van der Waals surface area contributed by atoms with E-state index in [0.29, 0.717) is 25.7 Å². The Bertz CT molecular complexity index is 1790. The summed E-state index contributed by atoms with van der Waals surface area (Å²) in [6.45, 7) is 16.1. The second-order valence-electron chi connectivity index (χ2n) is 23.8. The Balaban J connectivity index is 0.984. The Morgan fingerprint density at radius 1 is 0.638 bits per heavy atom. The highest BCUT2D eigenvalue weighted by atomic mass is 16.8. The Hall–Kier alpha value is -1.02. The number of ether oxygens (including phenoxy) is 8. The number of fused-ring (bicyclic) bond motifs is 5. The molecule has 398 valence electrons. The summed E-state index contributed by atoms with van der Waals surface area (Å²) in [6.07, 6.45) is -12.9. The van der Waals surface area contributed by atoms with E-state index in [9.17, 15) is 56.2 Å². The lowest BCUT2D eigenvalue weighted by Gasteiger charge is -2.70. The average Bonchev–Trinajstić information content (AvgIpc) is 3.99. The van der Waals surface area contributed by atoms with Crippen molar-refractivity contribution in [3.63, 3.8) is 0 Å². The van der Waals surface area contributed by atoms with E-state index in [-0.39, 0.29) is 59.2 Å². The first kappa shape index (κ1) is 54.2. The van der Waals surface area contributed by atoms with E-state index in [0.717, 1.165) is 37.7 Å². The number of rotatable bonds is 15. The van der Waals surface area contributed by atoms with Gasteiger partial charge in [0.2, 0.25) is 0 Å². The number of hydrogen-bond donors (Lipinski definition) is 11. The van der Waals surface area contributed by atoms with Gasteiger partial charge in [0.05, 0.1) is 44.2 Å². The van der Waals surface area contributed by atoms with Crippen molar-refractivity contribution in [2.45, 2.75) is 229 Å². The highest BCUT2D eigenvalue weighted by molar-refractivity contribution is 5.20. The minimum atomic E-state index is -1.53. The molecule has 4 aliphatic heterocycles. The van der Waals surface area contributed by atoms with Crippen LogP contribution in [0.1, 0.15) is 113 Å². The van der Waals surface area contributed by atoms with Crippen LogP contribution in [0.25, 0.3) is 0 Å². The van der Waals surface area contributed by atoms with E-state index in [1.54, 1.807) is 0 Å². The first-order valence-corrected chi connectivity index (χ1v) is 25.5. The van der Waals surface area contributed by atoms with Gasteiger partial charge >= 0.3 is 0 Å². The predicted octanol–water partition coefficient (Wildman–Crippen LogP) is 0.354. The third-order valence-corrected chi connectivity index (χ3v) is 19.5. The Kier molecular flexibility index (Phi) is 15.9. The van der Waals surface area contributed by atoms with E-state index < -0.39 is 129 Å². The fraction of sp³-hybridized carbons (Fsp3) is 0.960. The van der Waals surface area contributed by atoms with E-state index in [2.05, 4.69) is 40.7 Å². The van der Waals surface area contributed by atoms with Crippen molar-refractivity contribution in [2.24, 2.45) is 45.3 Å². The summed E-state index contributed by atoms with van der Waals surface area (Å²) in [7, 11) is 0. The minimum Gasteiger partial charge on any atom is -0.394 e. The number of aliphatic hydroxyl groups is 11. The molecule has 8 rings (SSSR count). The van der Waals surface area contributed by atoms with Crippen molar-refractivity contribution < 1.29 is 94.1 Å². The van der Waals surface area contributed by atoms with E-state index in [4.69, 9.17) is 37.9 Å². The van der Waals surface area contributed by atoms with Gasteiger partial charge in [0.15, 0.2) is 25.2 Å². The molecule has 19 heteroatoms. The van der Waals surface area contributed by atoms with E-state index >= 15 is 0 Å². The average molecular weight is 989 g/mol. The van der Waals surface area contributed by atoms with Crippen LogP contribution in [0.2, 0.25) is 0 Å². The van der Waals surface area contributed by atoms with Gasteiger partial charge < -0.3 is 94.1 Å². The van der Waals surface area contributed by atoms with Crippen molar-refractivity contribution in [3.8, 4) is 0 Å². The zero-order valence-electron chi connectivity index (χ0n) is 41.7. The van der Waals surface area contributed by atoms with Crippen LogP contribution in [-0.4, -0.2) is 199 Å². The molecule has 14 unspecified atom stereocenters. The molecule has 0 aromatic carbocycles. The second kappa shape index (κ2) is 20.3. The SMILES string of the molecule is CC(C)=CCC[C@](C)(O[C@@H]1OC(COC2OC[C@H](O)C(O)C2O)[C@@H](O)C1O)C1CC[C@]2(C)C1[C@H](O)CC1[C@@]3(C)CCC(O[C@@H]4OC(CO)[C@@H](O)C4O[C@@H]4OC(CO)[C@@H](O)C4O)C(C)(C)C3CC[C@]12C. The van der Waals surface area contributed by atoms with Gasteiger partial charge in [-0.25, -0.2) is 0 Å². The van der Waals surface area contributed by atoms with Gasteiger partial charge in [0.25, 0.3) is 0 Å². The van der Waals surface area contributed by atoms with Crippen LogP contribution in [0.4, 0.5) is 0 Å². The Morgan fingerprint density at radius 2 is 1.25 bits per heavy atom. The molecule has 4 saturated heterocycles. The highest BCUT2D eigenvalue weighted by Gasteiger charge is 2.72. The number of aliphatic hydroxyl groups excluding tert-OH is 11. The van der Waals surface area contributed by atoms with Crippen LogP contribution >= 0.6 is 0 Å². The number of allylic oxidation sites excluding steroid dienone is 2. The minimum absolute atomic E-state index is 0.137. The Morgan fingerprint density at radius 3 is 1.91 bits per heavy atom. The van der Waals surface area contributed by atoms with Crippen molar-refractivity contribution >= 4 is 0 Å². The highest BCUT2D eigenvalue weighted by Crippen LogP contribution is 2.76. The largest absolute Gasteiger partial charge is 0.394 e. The molecular formula is C50H84O19. The van der Waals surface area contributed by atoms with Crippen molar-refractivity contribution in [1.29, 1.82) is 0 Å². The maximum Gasteiger partial charge on any atom is 0.187 e. The number of hydrogen-bond acceptors (Lipinski definition) is 19. The standard InChI is InChI=1S/C50H84O19/c1-23(2)10-9-14-50(8,69-44-40(61)36(57)29(66-44)22-63-42-38(59)34(55)26(54)21-62-42)24-11-16-49(7)33(24)25(53)18-31-47(5)15-13-32(46(3,4)30(47)12-17-48(31,49)6)67-45-41(37(58)28(20-52)65-45)68-43-39(60)35(56)27(19-51)64-43/h10,24-45,51-61H,9,11-22H2,1-8H3/t24?,25-,26+,27?,28?,29?,30?,31?,32?,33?,34?,35-,36-,37-,38?,39?,40?,41?,42?,43+,44+,45+,47+,48-,49-,50+/m1/s1. The van der Waals surface area contributed by atoms with Crippen LogP contribution in [-0.2, 0) is 37.9 Å². The lowest BCUT2D eigenvalue weighted by Crippen LogP contribution is -2.67. The fourth-order valence-electron chi connectivity index (χ4n) is 15.4. The van der Waals surface area contributed by atoms with Gasteiger partial charge in [-0.3, -0.25) is 0 Å². The van der Waals surface area contributed by atoms with Crippen LogP contribution in [0, 0.1) is 45.3 Å². The molecule has 69 heavy (non-hydrogen) atoms. The molecule has 0 bridgehead atoms. The van der Waals surface area contributed by atoms with Gasteiger partial charge in [-0.2, -0.15) is 0 Å². The van der Waals surface area contributed by atoms with Crippen molar-refractivity contribution in [3.05, 3.63) is 11.6 Å². The first-order chi connectivity index (χ1) is 32.4. The summed E-state index contributed by atoms with van der Waals surface area (Å²) in [4.78, 5) is 0. The smallest absolute Gasteiger partial charge is 0.187 e. The van der Waals surface area contributed by atoms with E-state index in [1.807, 2.05) is 20.8 Å². The summed E-state index contributed by atoms with van der Waals surface area (Å²) in [5, 5.41) is 118. The van der Waals surface area contributed by atoms with Crippen molar-refractivity contribution in [2.75, 3.05) is 26.4 Å². The van der Waals surface area contributed by atoms with Crippen molar-refractivity contribution in [1.82, 2.24) is 0 Å². The summed E-state index contributed by atoms with van der Waals surface area (Å²) in [5.41, 5.74) is -0.859. The maximum atomic E-state index is 12.7. The zero-order valence-corrected chi connectivity index (χ0v) is 41.7.